The summed E-state index contributed by atoms with van der Waals surface area (Å²) in [7, 11) is 0. The van der Waals surface area contributed by atoms with Gasteiger partial charge in [-0.05, 0) is 29.6 Å². The third-order valence-corrected chi connectivity index (χ3v) is 4.39. The Morgan fingerprint density at radius 2 is 1.80 bits per heavy atom. The molecule has 1 aliphatic rings. The molecule has 0 amide bonds. The first-order valence-corrected chi connectivity index (χ1v) is 5.79. The Morgan fingerprint density at radius 1 is 1.27 bits per heavy atom. The highest BCUT2D eigenvalue weighted by Gasteiger charge is 2.43. The maximum absolute atomic E-state index is 11.4. The van der Waals surface area contributed by atoms with Crippen LogP contribution in [0.15, 0.2) is 0 Å². The molecule has 0 aromatic rings. The first kappa shape index (κ1) is 12.4. The normalized spacial score (nSPS) is 34.1. The van der Waals surface area contributed by atoms with Crippen LogP contribution in [0.25, 0.3) is 0 Å². The molecule has 1 rings (SSSR count). The lowest BCUT2D eigenvalue weighted by molar-refractivity contribution is -0.136. The van der Waals surface area contributed by atoms with Crippen LogP contribution in [0, 0.1) is 23.2 Å². The first-order chi connectivity index (χ1) is 6.75. The summed E-state index contributed by atoms with van der Waals surface area (Å²) in [6, 6.07) is 0. The summed E-state index contributed by atoms with van der Waals surface area (Å²) < 4.78 is 0. The third-order valence-electron chi connectivity index (χ3n) is 4.39. The maximum atomic E-state index is 11.4. The van der Waals surface area contributed by atoms with E-state index in [4.69, 9.17) is 0 Å². The molecular weight excluding hydrogens is 188 g/mol. The van der Waals surface area contributed by atoms with Gasteiger partial charge in [0.25, 0.3) is 0 Å². The van der Waals surface area contributed by atoms with Gasteiger partial charge in [0.05, 0.1) is 0 Å². The monoisotopic (exact) mass is 210 g/mol. The smallest absolute Gasteiger partial charge is 0.198 e. The van der Waals surface area contributed by atoms with E-state index in [1.807, 2.05) is 0 Å². The number of carbonyl (C=O) groups excluding carboxylic acids is 2. The fourth-order valence-corrected chi connectivity index (χ4v) is 2.81. The SMILES string of the molecule is CC(=O)C(=O)C[C@@H]1CC(C)(C)[C@@H](C)[C@H]1C. The van der Waals surface area contributed by atoms with Crippen molar-refractivity contribution < 1.29 is 9.59 Å². The van der Waals surface area contributed by atoms with Gasteiger partial charge in [-0.25, -0.2) is 0 Å². The largest absolute Gasteiger partial charge is 0.291 e. The van der Waals surface area contributed by atoms with Crippen LogP contribution in [0.1, 0.15) is 47.5 Å². The van der Waals surface area contributed by atoms with E-state index in [-0.39, 0.29) is 11.6 Å². The fraction of sp³-hybridized carbons (Fsp3) is 0.846. The number of hydrogen-bond acceptors (Lipinski definition) is 2. The van der Waals surface area contributed by atoms with Gasteiger partial charge in [-0.15, -0.1) is 0 Å². The third kappa shape index (κ3) is 2.47. The van der Waals surface area contributed by atoms with Gasteiger partial charge < -0.3 is 0 Å². The second-order valence-electron chi connectivity index (χ2n) is 5.78. The summed E-state index contributed by atoms with van der Waals surface area (Å²) in [6.45, 7) is 10.3. The van der Waals surface area contributed by atoms with E-state index in [9.17, 15) is 9.59 Å². The second-order valence-corrected chi connectivity index (χ2v) is 5.78. The Balaban J connectivity index is 2.67. The molecule has 86 valence electrons. The standard InChI is InChI=1S/C13H22O2/c1-8-9(2)13(4,5)7-11(8)6-12(15)10(3)14/h8-9,11H,6-7H2,1-5H3/t8-,9+,11-/m1/s1. The summed E-state index contributed by atoms with van der Waals surface area (Å²) in [5.41, 5.74) is 0.307. The van der Waals surface area contributed by atoms with Gasteiger partial charge in [0, 0.05) is 13.3 Å². The Bertz CT molecular complexity index is 278. The zero-order valence-electron chi connectivity index (χ0n) is 10.5. The van der Waals surface area contributed by atoms with Crippen LogP contribution in [0.5, 0.6) is 0 Å². The molecule has 0 aromatic carbocycles. The molecule has 0 N–H and O–H groups in total. The van der Waals surface area contributed by atoms with E-state index in [2.05, 4.69) is 27.7 Å². The van der Waals surface area contributed by atoms with Crippen LogP contribution in [0.4, 0.5) is 0 Å². The van der Waals surface area contributed by atoms with Gasteiger partial charge in [-0.2, -0.15) is 0 Å². The zero-order valence-corrected chi connectivity index (χ0v) is 10.5. The molecule has 0 saturated heterocycles. The Kier molecular flexibility index (Phi) is 3.37. The van der Waals surface area contributed by atoms with E-state index in [1.54, 1.807) is 0 Å². The van der Waals surface area contributed by atoms with Crippen LogP contribution in [0.3, 0.4) is 0 Å². The van der Waals surface area contributed by atoms with Gasteiger partial charge in [0.15, 0.2) is 11.6 Å². The molecule has 15 heavy (non-hydrogen) atoms. The summed E-state index contributed by atoms with van der Waals surface area (Å²) in [5, 5.41) is 0. The van der Waals surface area contributed by atoms with Gasteiger partial charge in [0.2, 0.25) is 0 Å². The minimum Gasteiger partial charge on any atom is -0.291 e. The highest BCUT2D eigenvalue weighted by molar-refractivity contribution is 6.36. The van der Waals surface area contributed by atoms with Crippen molar-refractivity contribution in [3.8, 4) is 0 Å². The second kappa shape index (κ2) is 4.07. The van der Waals surface area contributed by atoms with Crippen LogP contribution in [0.2, 0.25) is 0 Å². The topological polar surface area (TPSA) is 34.1 Å². The summed E-state index contributed by atoms with van der Waals surface area (Å²) in [6.07, 6.45) is 1.51. The Morgan fingerprint density at radius 3 is 2.13 bits per heavy atom. The lowest BCUT2D eigenvalue weighted by Crippen LogP contribution is -2.18. The molecule has 0 aromatic heterocycles. The average molecular weight is 210 g/mol. The van der Waals surface area contributed by atoms with Crippen molar-refractivity contribution in [3.05, 3.63) is 0 Å². The van der Waals surface area contributed by atoms with Crippen molar-refractivity contribution in [2.75, 3.05) is 0 Å². The molecule has 1 aliphatic carbocycles. The predicted octanol–water partition coefficient (Wildman–Crippen LogP) is 2.85. The van der Waals surface area contributed by atoms with Crippen molar-refractivity contribution in [2.24, 2.45) is 23.2 Å². The summed E-state index contributed by atoms with van der Waals surface area (Å²) >= 11 is 0. The molecular formula is C13H22O2. The van der Waals surface area contributed by atoms with E-state index in [0.717, 1.165) is 6.42 Å². The van der Waals surface area contributed by atoms with Gasteiger partial charge >= 0.3 is 0 Å². The molecule has 0 aliphatic heterocycles. The number of carbonyl (C=O) groups is 2. The quantitative estimate of drug-likeness (QED) is 0.671. The van der Waals surface area contributed by atoms with Crippen molar-refractivity contribution in [1.29, 1.82) is 0 Å². The van der Waals surface area contributed by atoms with E-state index < -0.39 is 0 Å². The number of Topliss-reactive ketones (excluding diaryl/α,β-unsaturated/α-hetero) is 2. The van der Waals surface area contributed by atoms with Crippen molar-refractivity contribution in [1.82, 2.24) is 0 Å². The van der Waals surface area contributed by atoms with Crippen LogP contribution < -0.4 is 0 Å². The molecule has 1 fully saturated rings. The predicted molar refractivity (Wildman–Crippen MR) is 60.5 cm³/mol. The minimum atomic E-state index is -0.292. The molecule has 0 spiro atoms. The van der Waals surface area contributed by atoms with Crippen LogP contribution >= 0.6 is 0 Å². The first-order valence-electron chi connectivity index (χ1n) is 5.79. The molecule has 2 nitrogen and oxygen atoms in total. The zero-order chi connectivity index (χ0) is 11.8. The molecule has 1 saturated carbocycles. The lowest BCUT2D eigenvalue weighted by Gasteiger charge is -2.25. The highest BCUT2D eigenvalue weighted by Crippen LogP contribution is 2.50. The van der Waals surface area contributed by atoms with E-state index in [1.165, 1.54) is 6.92 Å². The molecule has 0 radical (unpaired) electrons. The highest BCUT2D eigenvalue weighted by atomic mass is 16.2. The summed E-state index contributed by atoms with van der Waals surface area (Å²) in [4.78, 5) is 22.3. The number of ketones is 2. The van der Waals surface area contributed by atoms with Crippen molar-refractivity contribution >= 4 is 11.6 Å². The van der Waals surface area contributed by atoms with Crippen molar-refractivity contribution in [2.45, 2.75) is 47.5 Å². The fourth-order valence-electron chi connectivity index (χ4n) is 2.81. The molecule has 0 unspecified atom stereocenters. The lowest BCUT2D eigenvalue weighted by atomic mass is 9.81. The minimum absolute atomic E-state index is 0.197. The molecule has 2 heteroatoms. The molecule has 3 atom stereocenters. The summed E-state index contributed by atoms with van der Waals surface area (Å²) in [5.74, 6) is 1.08. The van der Waals surface area contributed by atoms with Gasteiger partial charge in [-0.3, -0.25) is 9.59 Å². The van der Waals surface area contributed by atoms with E-state index >= 15 is 0 Å². The van der Waals surface area contributed by atoms with Gasteiger partial charge in [0.1, 0.15) is 0 Å². The Labute approximate surface area is 92.4 Å². The van der Waals surface area contributed by atoms with Gasteiger partial charge in [-0.1, -0.05) is 27.7 Å². The van der Waals surface area contributed by atoms with Crippen LogP contribution in [-0.4, -0.2) is 11.6 Å². The maximum Gasteiger partial charge on any atom is 0.198 e. The number of rotatable bonds is 3. The molecule has 0 bridgehead atoms. The molecule has 0 heterocycles. The Hall–Kier alpha value is -0.660. The van der Waals surface area contributed by atoms with Crippen molar-refractivity contribution in [3.63, 3.8) is 0 Å². The van der Waals surface area contributed by atoms with E-state index in [0.29, 0.717) is 29.6 Å². The number of hydrogen-bond donors (Lipinski definition) is 0. The van der Waals surface area contributed by atoms with Crippen LogP contribution in [-0.2, 0) is 9.59 Å². The average Bonchev–Trinajstić information content (AvgIpc) is 2.30.